The minimum absolute atomic E-state index is 0.0915. The summed E-state index contributed by atoms with van der Waals surface area (Å²) in [5.41, 5.74) is -0.199. The number of nitrogens with one attached hydrogen (secondary N) is 1. The second-order valence-corrected chi connectivity index (χ2v) is 7.62. The minimum Gasteiger partial charge on any atom is -0.459 e. The van der Waals surface area contributed by atoms with Gasteiger partial charge in [0.25, 0.3) is 5.91 Å². The van der Waals surface area contributed by atoms with Crippen LogP contribution >= 0.6 is 0 Å². The van der Waals surface area contributed by atoms with E-state index in [4.69, 9.17) is 4.42 Å². The highest BCUT2D eigenvalue weighted by Gasteiger charge is 2.51. The van der Waals surface area contributed by atoms with Gasteiger partial charge in [-0.2, -0.15) is 5.10 Å². The fourth-order valence-electron chi connectivity index (χ4n) is 4.30. The number of nitrogens with zero attached hydrogens (tertiary/aromatic N) is 4. The zero-order chi connectivity index (χ0) is 17.7. The molecule has 1 N–H and O–H groups in total. The fourth-order valence-corrected chi connectivity index (χ4v) is 4.30. The standard InChI is InChI=1S/C18H21N5O3/c24-16(12-3-4-12)21-14-15-19-11-20-23(15)8-6-18(14)5-7-22(10-18)17(25)13-2-1-9-26-13/h1-2,9,11-12,14H,3-8,10H2,(H,21,24)/t14-,18-/m1/s1. The predicted molar refractivity (Wildman–Crippen MR) is 89.9 cm³/mol. The molecule has 8 nitrogen and oxygen atoms in total. The topological polar surface area (TPSA) is 93.3 Å². The summed E-state index contributed by atoms with van der Waals surface area (Å²) in [6, 6.07) is 3.21. The number of hydrogen-bond acceptors (Lipinski definition) is 5. The van der Waals surface area contributed by atoms with Crippen molar-refractivity contribution < 1.29 is 14.0 Å². The molecule has 136 valence electrons. The Kier molecular flexibility index (Phi) is 3.41. The van der Waals surface area contributed by atoms with Gasteiger partial charge in [0.2, 0.25) is 5.91 Å². The molecule has 8 heteroatoms. The molecule has 2 aromatic rings. The van der Waals surface area contributed by atoms with Gasteiger partial charge in [0, 0.05) is 31.0 Å². The molecule has 5 rings (SSSR count). The third kappa shape index (κ3) is 2.43. The first-order chi connectivity index (χ1) is 12.7. The van der Waals surface area contributed by atoms with Crippen LogP contribution in [0.15, 0.2) is 29.1 Å². The predicted octanol–water partition coefficient (Wildman–Crippen LogP) is 1.37. The van der Waals surface area contributed by atoms with Gasteiger partial charge in [0.05, 0.1) is 12.3 Å². The first kappa shape index (κ1) is 15.6. The third-order valence-corrected chi connectivity index (χ3v) is 5.98. The van der Waals surface area contributed by atoms with E-state index in [1.54, 1.807) is 18.5 Å². The van der Waals surface area contributed by atoms with Crippen molar-refractivity contribution in [2.75, 3.05) is 13.1 Å². The van der Waals surface area contributed by atoms with E-state index in [0.717, 1.165) is 38.1 Å². The molecule has 2 fully saturated rings. The van der Waals surface area contributed by atoms with Crippen LogP contribution in [-0.2, 0) is 11.3 Å². The monoisotopic (exact) mass is 355 g/mol. The van der Waals surface area contributed by atoms with Gasteiger partial charge in [-0.05, 0) is 37.8 Å². The van der Waals surface area contributed by atoms with Crippen LogP contribution in [-0.4, -0.2) is 44.6 Å². The van der Waals surface area contributed by atoms with E-state index in [-0.39, 0.29) is 29.2 Å². The Bertz CT molecular complexity index is 841. The molecule has 2 aromatic heterocycles. The molecule has 4 heterocycles. The van der Waals surface area contributed by atoms with E-state index < -0.39 is 0 Å². The zero-order valence-electron chi connectivity index (χ0n) is 14.4. The number of fused-ring (bicyclic) bond motifs is 1. The van der Waals surface area contributed by atoms with Crippen LogP contribution < -0.4 is 5.32 Å². The normalized spacial score (nSPS) is 27.5. The van der Waals surface area contributed by atoms with Crippen molar-refractivity contribution in [1.29, 1.82) is 0 Å². The molecule has 0 aromatic carbocycles. The molecule has 1 saturated carbocycles. The number of furan rings is 1. The van der Waals surface area contributed by atoms with Gasteiger partial charge in [-0.1, -0.05) is 0 Å². The summed E-state index contributed by atoms with van der Waals surface area (Å²) in [5, 5.41) is 7.51. The quantitative estimate of drug-likeness (QED) is 0.898. The van der Waals surface area contributed by atoms with Crippen LogP contribution in [0.4, 0.5) is 0 Å². The summed E-state index contributed by atoms with van der Waals surface area (Å²) in [6.45, 7) is 2.01. The Balaban J connectivity index is 1.42. The number of rotatable bonds is 3. The van der Waals surface area contributed by atoms with Crippen molar-refractivity contribution in [2.45, 2.75) is 38.3 Å². The number of carbonyl (C=O) groups is 2. The number of aromatic nitrogens is 3. The van der Waals surface area contributed by atoms with Gasteiger partial charge >= 0.3 is 0 Å². The Morgan fingerprint density at radius 2 is 2.12 bits per heavy atom. The maximum atomic E-state index is 12.7. The van der Waals surface area contributed by atoms with E-state index >= 15 is 0 Å². The van der Waals surface area contributed by atoms with Gasteiger partial charge in [0.15, 0.2) is 5.76 Å². The second-order valence-electron chi connectivity index (χ2n) is 7.62. The Labute approximate surface area is 150 Å². The van der Waals surface area contributed by atoms with Gasteiger partial charge in [-0.25, -0.2) is 9.67 Å². The highest BCUT2D eigenvalue weighted by molar-refractivity contribution is 5.91. The molecule has 3 aliphatic rings. The molecule has 1 saturated heterocycles. The van der Waals surface area contributed by atoms with Gasteiger partial charge in [0.1, 0.15) is 12.2 Å². The average molecular weight is 355 g/mol. The fraction of sp³-hybridized carbons (Fsp3) is 0.556. The Hall–Kier alpha value is -2.64. The van der Waals surface area contributed by atoms with E-state index in [1.165, 1.54) is 6.26 Å². The van der Waals surface area contributed by atoms with E-state index in [0.29, 0.717) is 18.8 Å². The highest BCUT2D eigenvalue weighted by Crippen LogP contribution is 2.48. The van der Waals surface area contributed by atoms with Crippen molar-refractivity contribution in [1.82, 2.24) is 25.0 Å². The first-order valence-corrected chi connectivity index (χ1v) is 9.17. The molecule has 1 aliphatic carbocycles. The van der Waals surface area contributed by atoms with Crippen molar-refractivity contribution in [3.05, 3.63) is 36.3 Å². The molecule has 2 aliphatic heterocycles. The Morgan fingerprint density at radius 1 is 1.27 bits per heavy atom. The molecule has 2 amide bonds. The highest BCUT2D eigenvalue weighted by atomic mass is 16.3. The van der Waals surface area contributed by atoms with Gasteiger partial charge in [-0.3, -0.25) is 9.59 Å². The Morgan fingerprint density at radius 3 is 2.88 bits per heavy atom. The van der Waals surface area contributed by atoms with Crippen LogP contribution in [0.2, 0.25) is 0 Å². The summed E-state index contributed by atoms with van der Waals surface area (Å²) >= 11 is 0. The second kappa shape index (κ2) is 5.69. The molecule has 0 radical (unpaired) electrons. The first-order valence-electron chi connectivity index (χ1n) is 9.17. The van der Waals surface area contributed by atoms with Gasteiger partial charge in [-0.15, -0.1) is 0 Å². The lowest BCUT2D eigenvalue weighted by Crippen LogP contribution is -2.48. The van der Waals surface area contributed by atoms with Crippen molar-refractivity contribution >= 4 is 11.8 Å². The number of hydrogen-bond donors (Lipinski definition) is 1. The lowest BCUT2D eigenvalue weighted by atomic mass is 9.74. The summed E-state index contributed by atoms with van der Waals surface area (Å²) in [6.07, 6.45) is 6.68. The summed E-state index contributed by atoms with van der Waals surface area (Å²) in [4.78, 5) is 31.4. The molecular formula is C18H21N5O3. The maximum Gasteiger partial charge on any atom is 0.289 e. The van der Waals surface area contributed by atoms with E-state index in [2.05, 4.69) is 15.4 Å². The molecule has 2 atom stereocenters. The van der Waals surface area contributed by atoms with Crippen molar-refractivity contribution in [3.63, 3.8) is 0 Å². The zero-order valence-corrected chi connectivity index (χ0v) is 14.4. The molecule has 26 heavy (non-hydrogen) atoms. The molecular weight excluding hydrogens is 334 g/mol. The lowest BCUT2D eigenvalue weighted by molar-refractivity contribution is -0.124. The van der Waals surface area contributed by atoms with E-state index in [9.17, 15) is 9.59 Å². The van der Waals surface area contributed by atoms with Crippen LogP contribution in [0.5, 0.6) is 0 Å². The molecule has 1 spiro atoms. The molecule has 0 unspecified atom stereocenters. The SMILES string of the molecule is O=C(N[C@@H]1c2ncnn2CC[C@@]12CCN(C(=O)c1ccco1)C2)C1CC1. The minimum atomic E-state index is -0.207. The van der Waals surface area contributed by atoms with Crippen LogP contribution in [0.25, 0.3) is 0 Å². The maximum absolute atomic E-state index is 12.7. The van der Waals surface area contributed by atoms with Crippen molar-refractivity contribution in [2.24, 2.45) is 11.3 Å². The van der Waals surface area contributed by atoms with Crippen LogP contribution in [0, 0.1) is 11.3 Å². The van der Waals surface area contributed by atoms with Gasteiger partial charge < -0.3 is 14.6 Å². The lowest BCUT2D eigenvalue weighted by Gasteiger charge is -2.40. The summed E-state index contributed by atoms with van der Waals surface area (Å²) < 4.78 is 7.15. The van der Waals surface area contributed by atoms with Crippen LogP contribution in [0.1, 0.15) is 48.1 Å². The summed E-state index contributed by atoms with van der Waals surface area (Å²) in [5.74, 6) is 1.30. The smallest absolute Gasteiger partial charge is 0.289 e. The number of amides is 2. The van der Waals surface area contributed by atoms with Crippen LogP contribution in [0.3, 0.4) is 0 Å². The largest absolute Gasteiger partial charge is 0.459 e. The van der Waals surface area contributed by atoms with Crippen molar-refractivity contribution in [3.8, 4) is 0 Å². The molecule has 0 bridgehead atoms. The number of carbonyl (C=O) groups excluding carboxylic acids is 2. The summed E-state index contributed by atoms with van der Waals surface area (Å²) in [7, 11) is 0. The van der Waals surface area contributed by atoms with E-state index in [1.807, 2.05) is 9.58 Å². The average Bonchev–Trinajstić information content (AvgIpc) is 3.07. The number of aryl methyl sites for hydroxylation is 1. The number of likely N-dealkylation sites (tertiary alicyclic amines) is 1. The third-order valence-electron chi connectivity index (χ3n) is 5.98.